The number of hydrogen-bond acceptors (Lipinski definition) is 3. The van der Waals surface area contributed by atoms with Crippen molar-refractivity contribution in [2.45, 2.75) is 20.3 Å². The smallest absolute Gasteiger partial charge is 0.323 e. The third kappa shape index (κ3) is 2.47. The fourth-order valence-corrected chi connectivity index (χ4v) is 2.38. The average Bonchev–Trinajstić information content (AvgIpc) is 2.75. The Morgan fingerprint density at radius 1 is 1.73 bits per heavy atom. The number of likely N-dealkylation sites (tertiary alicyclic amines) is 1. The molecule has 1 aromatic heterocycles. The van der Waals surface area contributed by atoms with Crippen LogP contribution in [0.5, 0.6) is 0 Å². The second-order valence-corrected chi connectivity index (χ2v) is 4.92. The summed E-state index contributed by atoms with van der Waals surface area (Å²) in [6.07, 6.45) is 1.10. The van der Waals surface area contributed by atoms with Crippen LogP contribution in [-0.2, 0) is 0 Å². The van der Waals surface area contributed by atoms with Gasteiger partial charge < -0.3 is 4.90 Å². The van der Waals surface area contributed by atoms with Crippen molar-refractivity contribution >= 4 is 22.5 Å². The summed E-state index contributed by atoms with van der Waals surface area (Å²) < 4.78 is 0. The van der Waals surface area contributed by atoms with E-state index in [0.29, 0.717) is 11.0 Å². The second-order valence-electron chi connectivity index (χ2n) is 4.06. The van der Waals surface area contributed by atoms with Gasteiger partial charge in [-0.2, -0.15) is 0 Å². The number of thiazole rings is 1. The molecule has 15 heavy (non-hydrogen) atoms. The summed E-state index contributed by atoms with van der Waals surface area (Å²) in [5.74, 6) is 0.619. The number of carbonyl (C=O) groups excluding carboxylic acids is 1. The molecule has 4 nitrogen and oxygen atoms in total. The Balaban J connectivity index is 1.92. The van der Waals surface area contributed by atoms with Gasteiger partial charge in [-0.15, -0.1) is 11.3 Å². The van der Waals surface area contributed by atoms with Gasteiger partial charge in [0.25, 0.3) is 0 Å². The quantitative estimate of drug-likeness (QED) is 0.797. The molecule has 5 heteroatoms. The highest BCUT2D eigenvalue weighted by Crippen LogP contribution is 2.18. The van der Waals surface area contributed by atoms with Crippen LogP contribution in [0.15, 0.2) is 5.38 Å². The van der Waals surface area contributed by atoms with E-state index in [9.17, 15) is 4.79 Å². The molecule has 1 N–H and O–H groups in total. The van der Waals surface area contributed by atoms with E-state index < -0.39 is 0 Å². The lowest BCUT2D eigenvalue weighted by molar-refractivity contribution is 0.221. The van der Waals surface area contributed by atoms with E-state index in [1.807, 2.05) is 17.2 Å². The van der Waals surface area contributed by atoms with Crippen LogP contribution in [0.25, 0.3) is 0 Å². The predicted molar refractivity (Wildman–Crippen MR) is 61.2 cm³/mol. The Morgan fingerprint density at radius 2 is 2.53 bits per heavy atom. The van der Waals surface area contributed by atoms with Gasteiger partial charge >= 0.3 is 6.03 Å². The Hall–Kier alpha value is -1.10. The molecule has 0 radical (unpaired) electrons. The fraction of sp³-hybridized carbons (Fsp3) is 0.600. The molecule has 1 aliphatic rings. The van der Waals surface area contributed by atoms with Crippen LogP contribution >= 0.6 is 11.3 Å². The molecule has 1 saturated heterocycles. The maximum atomic E-state index is 11.8. The molecule has 1 fully saturated rings. The first kappa shape index (κ1) is 10.4. The van der Waals surface area contributed by atoms with Crippen LogP contribution in [0, 0.1) is 12.8 Å². The lowest BCUT2D eigenvalue weighted by Gasteiger charge is -2.15. The SMILES string of the molecule is Cc1csc(NC(=O)N2CCC(C)C2)n1. The summed E-state index contributed by atoms with van der Waals surface area (Å²) in [6, 6.07) is -0.0197. The first-order valence-corrected chi connectivity index (χ1v) is 6.01. The molecule has 0 aromatic carbocycles. The van der Waals surface area contributed by atoms with E-state index in [1.165, 1.54) is 11.3 Å². The van der Waals surface area contributed by atoms with Gasteiger partial charge in [-0.1, -0.05) is 6.92 Å². The topological polar surface area (TPSA) is 45.2 Å². The number of nitrogens with one attached hydrogen (secondary N) is 1. The summed E-state index contributed by atoms with van der Waals surface area (Å²) in [7, 11) is 0. The van der Waals surface area contributed by atoms with E-state index in [2.05, 4.69) is 17.2 Å². The second kappa shape index (κ2) is 4.18. The van der Waals surface area contributed by atoms with Crippen molar-refractivity contribution in [3.63, 3.8) is 0 Å². The molecule has 0 spiro atoms. The molecule has 0 bridgehead atoms. The zero-order valence-corrected chi connectivity index (χ0v) is 9.80. The normalized spacial score (nSPS) is 20.7. The molecule has 0 saturated carbocycles. The number of rotatable bonds is 1. The first-order valence-electron chi connectivity index (χ1n) is 5.13. The monoisotopic (exact) mass is 225 g/mol. The Kier molecular flexibility index (Phi) is 2.90. The van der Waals surface area contributed by atoms with Crippen molar-refractivity contribution in [2.75, 3.05) is 18.4 Å². The molecular weight excluding hydrogens is 210 g/mol. The van der Waals surface area contributed by atoms with E-state index in [1.54, 1.807) is 0 Å². The Bertz CT molecular complexity index is 363. The van der Waals surface area contributed by atoms with Gasteiger partial charge in [0.15, 0.2) is 5.13 Å². The molecule has 1 aromatic rings. The molecule has 1 atom stereocenters. The van der Waals surface area contributed by atoms with Gasteiger partial charge in [0, 0.05) is 18.5 Å². The van der Waals surface area contributed by atoms with Crippen molar-refractivity contribution in [1.29, 1.82) is 0 Å². The van der Waals surface area contributed by atoms with E-state index >= 15 is 0 Å². The van der Waals surface area contributed by atoms with Gasteiger partial charge in [-0.05, 0) is 19.3 Å². The molecule has 2 amide bonds. The number of urea groups is 1. The van der Waals surface area contributed by atoms with Gasteiger partial charge in [-0.3, -0.25) is 5.32 Å². The zero-order chi connectivity index (χ0) is 10.8. The number of anilines is 1. The molecule has 0 aliphatic carbocycles. The van der Waals surface area contributed by atoms with Gasteiger partial charge in [0.1, 0.15) is 0 Å². The van der Waals surface area contributed by atoms with Crippen LogP contribution < -0.4 is 5.32 Å². The minimum absolute atomic E-state index is 0.0197. The molecular formula is C10H15N3OS. The molecule has 2 rings (SSSR count). The van der Waals surface area contributed by atoms with Gasteiger partial charge in [0.05, 0.1) is 5.69 Å². The molecule has 1 aliphatic heterocycles. The number of aromatic nitrogens is 1. The number of nitrogens with zero attached hydrogens (tertiary/aromatic N) is 2. The lowest BCUT2D eigenvalue weighted by atomic mass is 10.2. The van der Waals surface area contributed by atoms with Crippen LogP contribution in [0.3, 0.4) is 0 Å². The first-order chi connectivity index (χ1) is 7.15. The lowest BCUT2D eigenvalue weighted by Crippen LogP contribution is -2.32. The van der Waals surface area contributed by atoms with Crippen LogP contribution in [0.2, 0.25) is 0 Å². The van der Waals surface area contributed by atoms with Crippen LogP contribution in [0.1, 0.15) is 19.0 Å². The van der Waals surface area contributed by atoms with Crippen molar-refractivity contribution in [2.24, 2.45) is 5.92 Å². The summed E-state index contributed by atoms with van der Waals surface area (Å²) in [6.45, 7) is 5.80. The summed E-state index contributed by atoms with van der Waals surface area (Å²) in [5, 5.41) is 5.44. The summed E-state index contributed by atoms with van der Waals surface area (Å²) in [4.78, 5) is 17.8. The third-order valence-corrected chi connectivity index (χ3v) is 3.42. The average molecular weight is 225 g/mol. The largest absolute Gasteiger partial charge is 0.324 e. The van der Waals surface area contributed by atoms with Crippen molar-refractivity contribution in [3.8, 4) is 0 Å². The molecule has 2 heterocycles. The predicted octanol–water partition coefficient (Wildman–Crippen LogP) is 2.33. The van der Waals surface area contributed by atoms with Crippen molar-refractivity contribution in [1.82, 2.24) is 9.88 Å². The maximum Gasteiger partial charge on any atom is 0.323 e. The molecule has 82 valence electrons. The number of carbonyl (C=O) groups is 1. The van der Waals surface area contributed by atoms with E-state index in [0.717, 1.165) is 25.2 Å². The highest BCUT2D eigenvalue weighted by Gasteiger charge is 2.23. The van der Waals surface area contributed by atoms with E-state index in [4.69, 9.17) is 0 Å². The Labute approximate surface area is 93.3 Å². The van der Waals surface area contributed by atoms with Gasteiger partial charge in [0.2, 0.25) is 0 Å². The minimum Gasteiger partial charge on any atom is -0.324 e. The maximum absolute atomic E-state index is 11.8. The highest BCUT2D eigenvalue weighted by molar-refractivity contribution is 7.13. The van der Waals surface area contributed by atoms with Gasteiger partial charge in [-0.25, -0.2) is 9.78 Å². The molecule has 1 unspecified atom stereocenters. The van der Waals surface area contributed by atoms with Crippen molar-refractivity contribution < 1.29 is 4.79 Å². The number of hydrogen-bond donors (Lipinski definition) is 1. The van der Waals surface area contributed by atoms with Crippen LogP contribution in [-0.4, -0.2) is 29.0 Å². The van der Waals surface area contributed by atoms with E-state index in [-0.39, 0.29) is 6.03 Å². The Morgan fingerprint density at radius 3 is 3.07 bits per heavy atom. The van der Waals surface area contributed by atoms with Crippen LogP contribution in [0.4, 0.5) is 9.93 Å². The van der Waals surface area contributed by atoms with Crippen molar-refractivity contribution in [3.05, 3.63) is 11.1 Å². The highest BCUT2D eigenvalue weighted by atomic mass is 32.1. The summed E-state index contributed by atoms with van der Waals surface area (Å²) in [5.41, 5.74) is 0.949. The zero-order valence-electron chi connectivity index (χ0n) is 8.99. The standard InChI is InChI=1S/C10H15N3OS/c1-7-3-4-13(5-7)10(14)12-9-11-8(2)6-15-9/h6-7H,3-5H2,1-2H3,(H,11,12,14). The minimum atomic E-state index is -0.0197. The third-order valence-electron chi connectivity index (χ3n) is 2.54. The number of aryl methyl sites for hydroxylation is 1. The summed E-state index contributed by atoms with van der Waals surface area (Å²) >= 11 is 1.47. The fourth-order valence-electron chi connectivity index (χ4n) is 1.70. The number of amides is 2.